The highest BCUT2D eigenvalue weighted by molar-refractivity contribution is 6.36. The smallest absolute Gasteiger partial charge is 0.243 e. The van der Waals surface area contributed by atoms with Gasteiger partial charge < -0.3 is 10.2 Å². The molecule has 6 heteroatoms. The molecule has 0 bridgehead atoms. The highest BCUT2D eigenvalue weighted by Gasteiger charge is 2.30. The summed E-state index contributed by atoms with van der Waals surface area (Å²) in [7, 11) is 0. The van der Waals surface area contributed by atoms with Gasteiger partial charge in [-0.25, -0.2) is 0 Å². The van der Waals surface area contributed by atoms with E-state index in [1.807, 2.05) is 51.1 Å². The predicted octanol–water partition coefficient (Wildman–Crippen LogP) is 4.87. The number of carbonyl (C=O) groups excluding carboxylic acids is 2. The van der Waals surface area contributed by atoms with E-state index in [0.29, 0.717) is 22.0 Å². The summed E-state index contributed by atoms with van der Waals surface area (Å²) < 4.78 is 0. The summed E-state index contributed by atoms with van der Waals surface area (Å²) >= 11 is 12.7. The number of rotatable bonds is 8. The molecule has 0 unspecified atom stereocenters. The van der Waals surface area contributed by atoms with Gasteiger partial charge >= 0.3 is 0 Å². The van der Waals surface area contributed by atoms with Gasteiger partial charge in [-0.15, -0.1) is 0 Å². The minimum absolute atomic E-state index is 0.0171. The minimum Gasteiger partial charge on any atom is -0.352 e. The molecule has 0 aliphatic heterocycles. The molecular formula is C22H26Cl2N2O2. The molecule has 1 N–H and O–H groups in total. The Morgan fingerprint density at radius 1 is 1.00 bits per heavy atom. The second-order valence-corrected chi connectivity index (χ2v) is 7.79. The zero-order valence-corrected chi connectivity index (χ0v) is 17.9. The molecule has 0 heterocycles. The second kappa shape index (κ2) is 10.5. The van der Waals surface area contributed by atoms with Crippen LogP contribution in [0.4, 0.5) is 0 Å². The Morgan fingerprint density at radius 3 is 2.14 bits per heavy atom. The van der Waals surface area contributed by atoms with Crippen molar-refractivity contribution in [3.8, 4) is 0 Å². The first-order chi connectivity index (χ1) is 13.3. The maximum absolute atomic E-state index is 13.2. The number of benzene rings is 2. The molecule has 0 fully saturated rings. The van der Waals surface area contributed by atoms with E-state index in [0.717, 1.165) is 5.56 Å². The van der Waals surface area contributed by atoms with Gasteiger partial charge in [0.05, 0.1) is 6.42 Å². The maximum Gasteiger partial charge on any atom is 0.243 e. The van der Waals surface area contributed by atoms with Gasteiger partial charge in [0, 0.05) is 28.2 Å². The summed E-state index contributed by atoms with van der Waals surface area (Å²) in [6, 6.07) is 14.1. The molecular weight excluding hydrogens is 395 g/mol. The monoisotopic (exact) mass is 420 g/mol. The van der Waals surface area contributed by atoms with Crippen molar-refractivity contribution in [1.29, 1.82) is 0 Å². The van der Waals surface area contributed by atoms with Crippen LogP contribution in [-0.4, -0.2) is 28.8 Å². The van der Waals surface area contributed by atoms with Crippen molar-refractivity contribution in [3.05, 3.63) is 69.7 Å². The van der Waals surface area contributed by atoms with Gasteiger partial charge in [-0.1, -0.05) is 66.5 Å². The molecule has 0 saturated carbocycles. The molecule has 0 spiro atoms. The molecule has 2 rings (SSSR count). The standard InChI is InChI=1S/C22H26Cl2N2O2/c1-4-20(22(28)25-15(2)3)26(14-17-18(23)11-8-12-19(17)24)21(27)13-16-9-6-5-7-10-16/h5-12,15,20H,4,13-14H2,1-3H3,(H,25,28)/t20-/m1/s1. The van der Waals surface area contributed by atoms with Crippen LogP contribution in [0.25, 0.3) is 0 Å². The van der Waals surface area contributed by atoms with Crippen LogP contribution in [0, 0.1) is 0 Å². The number of halogens is 2. The molecule has 4 nitrogen and oxygen atoms in total. The molecule has 0 radical (unpaired) electrons. The Hall–Kier alpha value is -2.04. The van der Waals surface area contributed by atoms with Gasteiger partial charge in [-0.05, 0) is 38.0 Å². The fraction of sp³-hybridized carbons (Fsp3) is 0.364. The largest absolute Gasteiger partial charge is 0.352 e. The first kappa shape index (κ1) is 22.3. The van der Waals surface area contributed by atoms with Crippen LogP contribution in [0.1, 0.15) is 38.3 Å². The SMILES string of the molecule is CC[C@H](C(=O)NC(C)C)N(Cc1c(Cl)cccc1Cl)C(=O)Cc1ccccc1. The Bertz CT molecular complexity index is 789. The summed E-state index contributed by atoms with van der Waals surface area (Å²) in [4.78, 5) is 27.5. The van der Waals surface area contributed by atoms with E-state index in [4.69, 9.17) is 23.2 Å². The van der Waals surface area contributed by atoms with Crippen molar-refractivity contribution < 1.29 is 9.59 Å². The lowest BCUT2D eigenvalue weighted by Crippen LogP contribution is -2.50. The van der Waals surface area contributed by atoms with E-state index in [2.05, 4.69) is 5.32 Å². The molecule has 0 aliphatic carbocycles. The number of carbonyl (C=O) groups is 2. The number of nitrogens with zero attached hydrogens (tertiary/aromatic N) is 1. The molecule has 28 heavy (non-hydrogen) atoms. The fourth-order valence-corrected chi connectivity index (χ4v) is 3.54. The third kappa shape index (κ3) is 5.98. The molecule has 150 valence electrons. The van der Waals surface area contributed by atoms with Crippen LogP contribution in [0.15, 0.2) is 48.5 Å². The lowest BCUT2D eigenvalue weighted by Gasteiger charge is -2.31. The zero-order chi connectivity index (χ0) is 20.7. The molecule has 2 amide bonds. The van der Waals surface area contributed by atoms with E-state index in [9.17, 15) is 9.59 Å². The van der Waals surface area contributed by atoms with Crippen molar-refractivity contribution in [3.63, 3.8) is 0 Å². The molecule has 0 aromatic heterocycles. The second-order valence-electron chi connectivity index (χ2n) is 6.97. The van der Waals surface area contributed by atoms with Gasteiger partial charge in [-0.3, -0.25) is 9.59 Å². The van der Waals surface area contributed by atoms with Gasteiger partial charge in [0.15, 0.2) is 0 Å². The quantitative estimate of drug-likeness (QED) is 0.661. The van der Waals surface area contributed by atoms with Gasteiger partial charge in [-0.2, -0.15) is 0 Å². The van der Waals surface area contributed by atoms with Crippen molar-refractivity contribution in [2.24, 2.45) is 0 Å². The first-order valence-corrected chi connectivity index (χ1v) is 10.2. The summed E-state index contributed by atoms with van der Waals surface area (Å²) in [5.41, 5.74) is 1.53. The third-order valence-electron chi connectivity index (χ3n) is 4.41. The Labute approximate surface area is 176 Å². The molecule has 2 aromatic carbocycles. The van der Waals surface area contributed by atoms with Crippen LogP contribution >= 0.6 is 23.2 Å². The normalized spacial score (nSPS) is 11.9. The van der Waals surface area contributed by atoms with E-state index in [-0.39, 0.29) is 30.8 Å². The topological polar surface area (TPSA) is 49.4 Å². The lowest BCUT2D eigenvalue weighted by atomic mass is 10.1. The summed E-state index contributed by atoms with van der Waals surface area (Å²) in [6.45, 7) is 5.85. The molecule has 1 atom stereocenters. The van der Waals surface area contributed by atoms with Crippen LogP contribution in [-0.2, 0) is 22.6 Å². The average molecular weight is 421 g/mol. The summed E-state index contributed by atoms with van der Waals surface area (Å²) in [5, 5.41) is 3.86. The predicted molar refractivity (Wildman–Crippen MR) is 115 cm³/mol. The average Bonchev–Trinajstić information content (AvgIpc) is 2.64. The van der Waals surface area contributed by atoms with Crippen molar-refractivity contribution in [1.82, 2.24) is 10.2 Å². The van der Waals surface area contributed by atoms with E-state index in [1.54, 1.807) is 23.1 Å². The van der Waals surface area contributed by atoms with Crippen molar-refractivity contribution >= 4 is 35.0 Å². The van der Waals surface area contributed by atoms with Gasteiger partial charge in [0.25, 0.3) is 0 Å². The molecule has 0 saturated heterocycles. The minimum atomic E-state index is -0.606. The first-order valence-electron chi connectivity index (χ1n) is 9.40. The maximum atomic E-state index is 13.2. The van der Waals surface area contributed by atoms with Crippen LogP contribution < -0.4 is 5.32 Å². The van der Waals surface area contributed by atoms with Crippen molar-refractivity contribution in [2.75, 3.05) is 0 Å². The highest BCUT2D eigenvalue weighted by Crippen LogP contribution is 2.27. The Balaban J connectivity index is 2.35. The lowest BCUT2D eigenvalue weighted by molar-refractivity contribution is -0.141. The van der Waals surface area contributed by atoms with E-state index in [1.165, 1.54) is 0 Å². The van der Waals surface area contributed by atoms with E-state index < -0.39 is 6.04 Å². The van der Waals surface area contributed by atoms with Crippen LogP contribution in [0.3, 0.4) is 0 Å². The third-order valence-corrected chi connectivity index (χ3v) is 5.11. The number of hydrogen-bond donors (Lipinski definition) is 1. The fourth-order valence-electron chi connectivity index (χ4n) is 3.03. The van der Waals surface area contributed by atoms with Crippen LogP contribution in [0.2, 0.25) is 10.0 Å². The Morgan fingerprint density at radius 2 is 1.61 bits per heavy atom. The van der Waals surface area contributed by atoms with Crippen molar-refractivity contribution in [2.45, 2.75) is 52.2 Å². The zero-order valence-electron chi connectivity index (χ0n) is 16.4. The van der Waals surface area contributed by atoms with Gasteiger partial charge in [0.1, 0.15) is 6.04 Å². The molecule has 2 aromatic rings. The van der Waals surface area contributed by atoms with E-state index >= 15 is 0 Å². The summed E-state index contributed by atoms with van der Waals surface area (Å²) in [5.74, 6) is -0.324. The van der Waals surface area contributed by atoms with Crippen LogP contribution in [0.5, 0.6) is 0 Å². The summed E-state index contributed by atoms with van der Waals surface area (Å²) in [6.07, 6.45) is 0.690. The highest BCUT2D eigenvalue weighted by atomic mass is 35.5. The number of hydrogen-bond acceptors (Lipinski definition) is 2. The van der Waals surface area contributed by atoms with Gasteiger partial charge in [0.2, 0.25) is 11.8 Å². The Kier molecular flexibility index (Phi) is 8.34. The number of nitrogens with one attached hydrogen (secondary N) is 1. The molecule has 0 aliphatic rings. The number of amides is 2.